The predicted molar refractivity (Wildman–Crippen MR) is 130 cm³/mol. The molecule has 6 rings (SSSR count). The van der Waals surface area contributed by atoms with E-state index in [-0.39, 0.29) is 17.6 Å². The lowest BCUT2D eigenvalue weighted by atomic mass is 9.85. The molecule has 0 radical (unpaired) electrons. The SMILES string of the molecule is CC(C)n1nc(-c2cnc(N)c(OC(F)F)c2)cc1C1CC2CCC1C2N1CCN2CCCC2C1. The molecular weight excluding hydrogens is 450 g/mol. The molecule has 2 saturated heterocycles. The van der Waals surface area contributed by atoms with Crippen molar-refractivity contribution in [3.8, 4) is 17.0 Å². The number of hydrogen-bond donors (Lipinski definition) is 1. The summed E-state index contributed by atoms with van der Waals surface area (Å²) >= 11 is 0. The number of fused-ring (bicyclic) bond motifs is 3. The maximum atomic E-state index is 12.8. The highest BCUT2D eigenvalue weighted by Gasteiger charge is 2.52. The maximum absolute atomic E-state index is 12.8. The Morgan fingerprint density at radius 2 is 1.91 bits per heavy atom. The highest BCUT2D eigenvalue weighted by molar-refractivity contribution is 5.64. The summed E-state index contributed by atoms with van der Waals surface area (Å²) in [5, 5.41) is 4.91. The van der Waals surface area contributed by atoms with Crippen molar-refractivity contribution in [3.63, 3.8) is 0 Å². The number of nitrogens with two attached hydrogens (primary N) is 1. The number of ether oxygens (including phenoxy) is 1. The van der Waals surface area contributed by atoms with Crippen LogP contribution in [0.25, 0.3) is 11.3 Å². The second-order valence-electron chi connectivity index (χ2n) is 11.1. The Bertz CT molecular complexity index is 1070. The summed E-state index contributed by atoms with van der Waals surface area (Å²) in [4.78, 5) is 9.60. The summed E-state index contributed by atoms with van der Waals surface area (Å²) in [5.74, 6) is 1.72. The van der Waals surface area contributed by atoms with Gasteiger partial charge in [-0.05, 0) is 76.5 Å². The fourth-order valence-corrected chi connectivity index (χ4v) is 7.52. The standard InChI is InChI=1S/C26H36F2N6O/c1-15(2)34-22(12-21(31-34)17-11-23(35-26(27)28)25(29)30-13-17)20-10-16-5-6-19(20)24(16)33-9-8-32-7-3-4-18(32)14-33/h11-13,15-16,18-20,24,26H,3-10,14H2,1-2H3,(H2,29,30). The summed E-state index contributed by atoms with van der Waals surface area (Å²) in [6.07, 6.45) is 8.10. The van der Waals surface area contributed by atoms with Crippen molar-refractivity contribution in [1.82, 2.24) is 24.6 Å². The van der Waals surface area contributed by atoms with Gasteiger partial charge in [0.25, 0.3) is 0 Å². The zero-order valence-corrected chi connectivity index (χ0v) is 20.6. The zero-order valence-electron chi connectivity index (χ0n) is 20.6. The molecule has 2 bridgehead atoms. The molecule has 5 unspecified atom stereocenters. The number of nitrogens with zero attached hydrogens (tertiary/aromatic N) is 5. The molecule has 2 saturated carbocycles. The summed E-state index contributed by atoms with van der Waals surface area (Å²) in [7, 11) is 0. The van der Waals surface area contributed by atoms with Crippen LogP contribution in [0.2, 0.25) is 0 Å². The van der Waals surface area contributed by atoms with Crippen LogP contribution in [0.3, 0.4) is 0 Å². The Morgan fingerprint density at radius 3 is 2.71 bits per heavy atom. The first-order valence-corrected chi connectivity index (χ1v) is 13.2. The topological polar surface area (TPSA) is 72.4 Å². The first-order chi connectivity index (χ1) is 16.9. The van der Waals surface area contributed by atoms with Crippen LogP contribution in [0, 0.1) is 11.8 Å². The van der Waals surface area contributed by atoms with E-state index < -0.39 is 6.61 Å². The molecule has 7 nitrogen and oxygen atoms in total. The average molecular weight is 487 g/mol. The molecule has 2 aromatic rings. The third-order valence-corrected chi connectivity index (χ3v) is 8.93. The molecular formula is C26H36F2N6O. The van der Waals surface area contributed by atoms with Crippen molar-refractivity contribution in [2.75, 3.05) is 31.9 Å². The number of anilines is 1. The summed E-state index contributed by atoms with van der Waals surface area (Å²) in [5.41, 5.74) is 8.40. The van der Waals surface area contributed by atoms with Gasteiger partial charge in [0.15, 0.2) is 11.6 Å². The van der Waals surface area contributed by atoms with Gasteiger partial charge in [0.1, 0.15) is 0 Å². The van der Waals surface area contributed by atoms with Crippen LogP contribution in [0.4, 0.5) is 14.6 Å². The van der Waals surface area contributed by atoms with Crippen molar-refractivity contribution < 1.29 is 13.5 Å². The fourth-order valence-electron chi connectivity index (χ4n) is 7.52. The van der Waals surface area contributed by atoms with Gasteiger partial charge in [-0.2, -0.15) is 13.9 Å². The lowest BCUT2D eigenvalue weighted by Crippen LogP contribution is -2.54. The second kappa shape index (κ2) is 9.00. The van der Waals surface area contributed by atoms with E-state index in [0.717, 1.165) is 17.7 Å². The number of rotatable bonds is 6. The van der Waals surface area contributed by atoms with E-state index >= 15 is 0 Å². The van der Waals surface area contributed by atoms with Crippen LogP contribution in [0.5, 0.6) is 5.75 Å². The molecule has 0 spiro atoms. The third kappa shape index (κ3) is 4.10. The Hall–Kier alpha value is -2.26. The van der Waals surface area contributed by atoms with Crippen LogP contribution >= 0.6 is 0 Å². The summed E-state index contributed by atoms with van der Waals surface area (Å²) < 4.78 is 32.4. The minimum atomic E-state index is -2.95. The molecule has 9 heteroatoms. The van der Waals surface area contributed by atoms with Gasteiger partial charge in [-0.3, -0.25) is 14.5 Å². The van der Waals surface area contributed by atoms with Crippen molar-refractivity contribution in [2.45, 2.75) is 76.6 Å². The molecule has 4 heterocycles. The Kier molecular flexibility index (Phi) is 5.95. The monoisotopic (exact) mass is 486 g/mol. The van der Waals surface area contributed by atoms with Gasteiger partial charge in [-0.25, -0.2) is 4.98 Å². The molecule has 2 aliphatic heterocycles. The largest absolute Gasteiger partial charge is 0.431 e. The van der Waals surface area contributed by atoms with E-state index in [0.29, 0.717) is 23.4 Å². The number of nitrogen functional groups attached to an aromatic ring is 1. The van der Waals surface area contributed by atoms with Crippen LogP contribution in [-0.4, -0.2) is 69.4 Å². The highest BCUT2D eigenvalue weighted by atomic mass is 19.3. The molecule has 4 fully saturated rings. The van der Waals surface area contributed by atoms with Crippen LogP contribution in [0.1, 0.15) is 63.6 Å². The molecule has 4 aliphatic rings. The van der Waals surface area contributed by atoms with E-state index in [9.17, 15) is 8.78 Å². The fraction of sp³-hybridized carbons (Fsp3) is 0.692. The normalized spacial score (nSPS) is 31.1. The number of piperazine rings is 1. The number of pyridine rings is 1. The Morgan fingerprint density at radius 1 is 1.09 bits per heavy atom. The van der Waals surface area contributed by atoms with Gasteiger partial charge in [0.2, 0.25) is 0 Å². The lowest BCUT2D eigenvalue weighted by molar-refractivity contribution is -0.0494. The Labute approximate surface area is 205 Å². The number of aromatic nitrogens is 3. The lowest BCUT2D eigenvalue weighted by Gasteiger charge is -2.42. The average Bonchev–Trinajstić information content (AvgIpc) is 3.61. The van der Waals surface area contributed by atoms with Crippen molar-refractivity contribution in [3.05, 3.63) is 24.0 Å². The second-order valence-corrected chi connectivity index (χ2v) is 11.1. The van der Waals surface area contributed by atoms with Gasteiger partial charge in [-0.15, -0.1) is 0 Å². The number of halogens is 2. The van der Waals surface area contributed by atoms with Crippen LogP contribution < -0.4 is 10.5 Å². The first-order valence-electron chi connectivity index (χ1n) is 13.2. The van der Waals surface area contributed by atoms with E-state index in [2.05, 4.69) is 44.1 Å². The molecule has 2 aliphatic carbocycles. The van der Waals surface area contributed by atoms with Gasteiger partial charge < -0.3 is 10.5 Å². The van der Waals surface area contributed by atoms with Gasteiger partial charge in [0.05, 0.1) is 5.69 Å². The van der Waals surface area contributed by atoms with Crippen molar-refractivity contribution in [1.29, 1.82) is 0 Å². The highest BCUT2D eigenvalue weighted by Crippen LogP contribution is 2.55. The van der Waals surface area contributed by atoms with E-state index in [1.807, 2.05) is 0 Å². The molecule has 2 aromatic heterocycles. The van der Waals surface area contributed by atoms with Gasteiger partial charge in [0, 0.05) is 61.1 Å². The smallest absolute Gasteiger partial charge is 0.387 e. The predicted octanol–water partition coefficient (Wildman–Crippen LogP) is 4.37. The molecule has 0 amide bonds. The van der Waals surface area contributed by atoms with Gasteiger partial charge in [-0.1, -0.05) is 0 Å². The molecule has 5 atom stereocenters. The van der Waals surface area contributed by atoms with Crippen LogP contribution in [0.15, 0.2) is 18.3 Å². The minimum Gasteiger partial charge on any atom is -0.431 e. The van der Waals surface area contributed by atoms with Crippen molar-refractivity contribution in [2.24, 2.45) is 11.8 Å². The van der Waals surface area contributed by atoms with E-state index in [1.54, 1.807) is 6.20 Å². The zero-order chi connectivity index (χ0) is 24.3. The molecule has 0 aromatic carbocycles. The Balaban J connectivity index is 1.28. The third-order valence-electron chi connectivity index (χ3n) is 8.93. The number of hydrogen-bond acceptors (Lipinski definition) is 6. The van der Waals surface area contributed by atoms with Crippen LogP contribution in [-0.2, 0) is 0 Å². The quantitative estimate of drug-likeness (QED) is 0.654. The minimum absolute atomic E-state index is 0.0455. The summed E-state index contributed by atoms with van der Waals surface area (Å²) in [6.45, 7) is 6.26. The van der Waals surface area contributed by atoms with E-state index in [1.165, 1.54) is 70.0 Å². The maximum Gasteiger partial charge on any atom is 0.387 e. The van der Waals surface area contributed by atoms with Gasteiger partial charge >= 0.3 is 6.61 Å². The first kappa shape index (κ1) is 23.2. The number of alkyl halides is 2. The van der Waals surface area contributed by atoms with Crippen molar-refractivity contribution >= 4 is 5.82 Å². The van der Waals surface area contributed by atoms with E-state index in [4.69, 9.17) is 10.8 Å². The molecule has 35 heavy (non-hydrogen) atoms. The molecule has 2 N–H and O–H groups in total. The molecule has 190 valence electrons. The summed E-state index contributed by atoms with van der Waals surface area (Å²) in [6, 6.07) is 5.30.